The minimum Gasteiger partial charge on any atom is -0.372 e. The highest BCUT2D eigenvalue weighted by Gasteiger charge is 2.26. The van der Waals surface area contributed by atoms with Gasteiger partial charge in [-0.25, -0.2) is 0 Å². The van der Waals surface area contributed by atoms with Gasteiger partial charge in [-0.3, -0.25) is 4.79 Å². The summed E-state index contributed by atoms with van der Waals surface area (Å²) in [6.07, 6.45) is 2.94. The number of piperidine rings is 1. The Morgan fingerprint density at radius 3 is 2.83 bits per heavy atom. The van der Waals surface area contributed by atoms with Crippen LogP contribution in [0.2, 0.25) is 5.02 Å². The van der Waals surface area contributed by atoms with Gasteiger partial charge in [0.1, 0.15) is 5.82 Å². The smallest absolute Gasteiger partial charge is 0.255 e. The Kier molecular flexibility index (Phi) is 5.30. The van der Waals surface area contributed by atoms with Gasteiger partial charge >= 0.3 is 0 Å². The number of anilines is 1. The average molecular weight is 345 g/mol. The summed E-state index contributed by atoms with van der Waals surface area (Å²) >= 11 is 6.16. The number of likely N-dealkylation sites (tertiary alicyclic amines) is 1. The predicted octanol–water partition coefficient (Wildman–Crippen LogP) is 3.27. The fourth-order valence-corrected chi connectivity index (χ4v) is 3.34. The van der Waals surface area contributed by atoms with Crippen LogP contribution in [0.25, 0.3) is 0 Å². The zero-order valence-electron chi connectivity index (χ0n) is 13.7. The first-order chi connectivity index (χ1) is 11.7. The fourth-order valence-electron chi connectivity index (χ4n) is 3.12. The highest BCUT2D eigenvalue weighted by molar-refractivity contribution is 6.33. The molecule has 5 nitrogen and oxygen atoms in total. The first kappa shape index (κ1) is 16.7. The molecule has 0 aliphatic carbocycles. The van der Waals surface area contributed by atoms with Crippen molar-refractivity contribution in [1.82, 2.24) is 15.1 Å². The van der Waals surface area contributed by atoms with Crippen molar-refractivity contribution in [3.63, 3.8) is 0 Å². The molecule has 1 aliphatic heterocycles. The lowest BCUT2D eigenvalue weighted by molar-refractivity contribution is 0.0673. The van der Waals surface area contributed by atoms with Crippen molar-refractivity contribution in [1.29, 1.82) is 0 Å². The Morgan fingerprint density at radius 2 is 2.12 bits per heavy atom. The van der Waals surface area contributed by atoms with Crippen LogP contribution in [0.3, 0.4) is 0 Å². The van der Waals surface area contributed by atoms with Crippen LogP contribution in [-0.4, -0.2) is 41.1 Å². The standard InChI is InChI=1S/C18H21ClN4O/c1-20-17-9-8-14(21-22-17)11-13-5-4-10-23(12-13)18(24)15-6-2-3-7-16(15)19/h2-3,6-9,13H,4-5,10-12H2,1H3,(H,20,22). The Morgan fingerprint density at radius 1 is 1.29 bits per heavy atom. The minimum atomic E-state index is 0.0157. The van der Waals surface area contributed by atoms with Crippen LogP contribution in [0.15, 0.2) is 36.4 Å². The quantitative estimate of drug-likeness (QED) is 0.924. The summed E-state index contributed by atoms with van der Waals surface area (Å²) in [7, 11) is 1.82. The van der Waals surface area contributed by atoms with Gasteiger partial charge in [0.2, 0.25) is 0 Å². The van der Waals surface area contributed by atoms with Gasteiger partial charge in [-0.05, 0) is 49.4 Å². The minimum absolute atomic E-state index is 0.0157. The summed E-state index contributed by atoms with van der Waals surface area (Å²) in [5.41, 5.74) is 1.55. The van der Waals surface area contributed by atoms with E-state index < -0.39 is 0 Å². The number of aromatic nitrogens is 2. The van der Waals surface area contributed by atoms with E-state index in [0.29, 0.717) is 16.5 Å². The summed E-state index contributed by atoms with van der Waals surface area (Å²) in [6.45, 7) is 1.52. The SMILES string of the molecule is CNc1ccc(CC2CCCN(C(=O)c3ccccc3Cl)C2)nn1. The average Bonchev–Trinajstić information content (AvgIpc) is 2.62. The van der Waals surface area contributed by atoms with Crippen molar-refractivity contribution in [3.05, 3.63) is 52.7 Å². The van der Waals surface area contributed by atoms with E-state index >= 15 is 0 Å². The maximum atomic E-state index is 12.7. The Hall–Kier alpha value is -2.14. The van der Waals surface area contributed by atoms with Crippen molar-refractivity contribution >= 4 is 23.3 Å². The van der Waals surface area contributed by atoms with Gasteiger partial charge in [0.15, 0.2) is 0 Å². The summed E-state index contributed by atoms with van der Waals surface area (Å²) in [6, 6.07) is 11.2. The second kappa shape index (κ2) is 7.62. The molecule has 1 atom stereocenters. The Bertz CT molecular complexity index is 704. The van der Waals surface area contributed by atoms with E-state index in [4.69, 9.17) is 11.6 Å². The molecule has 0 spiro atoms. The number of hydrogen-bond donors (Lipinski definition) is 1. The molecule has 1 aliphatic rings. The first-order valence-electron chi connectivity index (χ1n) is 8.21. The van der Waals surface area contributed by atoms with Gasteiger partial charge in [0, 0.05) is 20.1 Å². The topological polar surface area (TPSA) is 58.1 Å². The highest BCUT2D eigenvalue weighted by Crippen LogP contribution is 2.24. The van der Waals surface area contributed by atoms with E-state index in [2.05, 4.69) is 15.5 Å². The van der Waals surface area contributed by atoms with E-state index in [0.717, 1.165) is 43.9 Å². The molecule has 1 N–H and O–H groups in total. The van der Waals surface area contributed by atoms with Gasteiger partial charge in [-0.15, -0.1) is 5.10 Å². The largest absolute Gasteiger partial charge is 0.372 e. The van der Waals surface area contributed by atoms with Crippen molar-refractivity contribution in [2.45, 2.75) is 19.3 Å². The van der Waals surface area contributed by atoms with E-state index in [1.54, 1.807) is 12.1 Å². The maximum absolute atomic E-state index is 12.7. The zero-order valence-corrected chi connectivity index (χ0v) is 14.5. The van der Waals surface area contributed by atoms with E-state index in [1.807, 2.05) is 36.2 Å². The summed E-state index contributed by atoms with van der Waals surface area (Å²) < 4.78 is 0. The predicted molar refractivity (Wildman–Crippen MR) is 95.4 cm³/mol. The lowest BCUT2D eigenvalue weighted by Crippen LogP contribution is -2.40. The van der Waals surface area contributed by atoms with Gasteiger partial charge in [-0.1, -0.05) is 23.7 Å². The van der Waals surface area contributed by atoms with Crippen LogP contribution >= 0.6 is 11.6 Å². The molecular formula is C18H21ClN4O. The molecule has 1 saturated heterocycles. The van der Waals surface area contributed by atoms with E-state index in [-0.39, 0.29) is 5.91 Å². The number of nitrogens with one attached hydrogen (secondary N) is 1. The number of nitrogens with zero attached hydrogens (tertiary/aromatic N) is 3. The lowest BCUT2D eigenvalue weighted by Gasteiger charge is -2.33. The third-order valence-corrected chi connectivity index (χ3v) is 4.71. The number of halogens is 1. The number of rotatable bonds is 4. The normalized spacial score (nSPS) is 17.6. The van der Waals surface area contributed by atoms with Crippen LogP contribution in [-0.2, 0) is 6.42 Å². The molecular weight excluding hydrogens is 324 g/mol. The molecule has 2 heterocycles. The van der Waals surface area contributed by atoms with E-state index in [9.17, 15) is 4.79 Å². The number of benzene rings is 1. The molecule has 0 saturated carbocycles. The Labute approximate surface area is 147 Å². The van der Waals surface area contributed by atoms with Gasteiger partial charge in [0.25, 0.3) is 5.91 Å². The van der Waals surface area contributed by atoms with Crippen molar-refractivity contribution in [2.24, 2.45) is 5.92 Å². The molecule has 24 heavy (non-hydrogen) atoms. The number of amides is 1. The molecule has 0 radical (unpaired) electrons. The molecule has 1 amide bonds. The molecule has 6 heteroatoms. The molecule has 1 unspecified atom stereocenters. The monoisotopic (exact) mass is 344 g/mol. The van der Waals surface area contributed by atoms with Crippen LogP contribution in [0.1, 0.15) is 28.9 Å². The third-order valence-electron chi connectivity index (χ3n) is 4.38. The number of carbonyl (C=O) groups excluding carboxylic acids is 1. The molecule has 1 aromatic heterocycles. The van der Waals surface area contributed by atoms with Gasteiger partial charge < -0.3 is 10.2 Å². The number of carbonyl (C=O) groups is 1. The van der Waals surface area contributed by atoms with Crippen LogP contribution in [0, 0.1) is 5.92 Å². The van der Waals surface area contributed by atoms with Crippen LogP contribution < -0.4 is 5.32 Å². The summed E-state index contributed by atoms with van der Waals surface area (Å²) in [5.74, 6) is 1.18. The molecule has 2 aromatic rings. The molecule has 1 aromatic carbocycles. The zero-order chi connectivity index (χ0) is 16.9. The molecule has 3 rings (SSSR count). The van der Waals surface area contributed by atoms with Gasteiger partial charge in [0.05, 0.1) is 16.3 Å². The summed E-state index contributed by atoms with van der Waals surface area (Å²) in [5, 5.41) is 11.8. The Balaban J connectivity index is 1.65. The molecule has 126 valence electrons. The molecule has 1 fully saturated rings. The summed E-state index contributed by atoms with van der Waals surface area (Å²) in [4.78, 5) is 14.6. The highest BCUT2D eigenvalue weighted by atomic mass is 35.5. The van der Waals surface area contributed by atoms with Crippen molar-refractivity contribution in [3.8, 4) is 0 Å². The van der Waals surface area contributed by atoms with Crippen molar-refractivity contribution < 1.29 is 4.79 Å². The second-order valence-electron chi connectivity index (χ2n) is 6.10. The van der Waals surface area contributed by atoms with Gasteiger partial charge in [-0.2, -0.15) is 5.10 Å². The van der Waals surface area contributed by atoms with E-state index in [1.165, 1.54) is 0 Å². The third kappa shape index (κ3) is 3.85. The number of hydrogen-bond acceptors (Lipinski definition) is 4. The second-order valence-corrected chi connectivity index (χ2v) is 6.51. The van der Waals surface area contributed by atoms with Crippen molar-refractivity contribution in [2.75, 3.05) is 25.5 Å². The first-order valence-corrected chi connectivity index (χ1v) is 8.59. The lowest BCUT2D eigenvalue weighted by atomic mass is 9.93. The molecule has 0 bridgehead atoms. The fraction of sp³-hybridized carbons (Fsp3) is 0.389. The maximum Gasteiger partial charge on any atom is 0.255 e. The van der Waals surface area contributed by atoms with Crippen LogP contribution in [0.4, 0.5) is 5.82 Å². The van der Waals surface area contributed by atoms with Crippen LogP contribution in [0.5, 0.6) is 0 Å².